The van der Waals surface area contributed by atoms with Gasteiger partial charge in [0.05, 0.1) is 22.6 Å². The van der Waals surface area contributed by atoms with Crippen LogP contribution in [0.25, 0.3) is 16.6 Å². The number of esters is 1. The molecular formula is C24H27N5O3S2. The summed E-state index contributed by atoms with van der Waals surface area (Å²) in [5.74, 6) is -0.668. The zero-order valence-corrected chi connectivity index (χ0v) is 21.8. The summed E-state index contributed by atoms with van der Waals surface area (Å²) >= 11 is 2.44. The lowest BCUT2D eigenvalue weighted by molar-refractivity contribution is -0.115. The quantitative estimate of drug-likeness (QED) is 0.287. The number of ether oxygens (including phenoxy) is 1. The predicted octanol–water partition coefficient (Wildman–Crippen LogP) is 5.26. The molecule has 4 aromatic rings. The largest absolute Gasteiger partial charge is 0.459 e. The molecule has 0 aliphatic rings. The number of carbonyl (C=O) groups is 2. The van der Waals surface area contributed by atoms with E-state index in [1.54, 1.807) is 20.8 Å². The maximum Gasteiger partial charge on any atom is 0.350 e. The zero-order chi connectivity index (χ0) is 24.7. The van der Waals surface area contributed by atoms with E-state index in [0.717, 1.165) is 39.0 Å². The number of aryl methyl sites for hydroxylation is 4. The van der Waals surface area contributed by atoms with Gasteiger partial charge in [0.2, 0.25) is 5.91 Å². The summed E-state index contributed by atoms with van der Waals surface area (Å²) in [5.41, 5.74) is 5.78. The first-order valence-corrected chi connectivity index (χ1v) is 12.7. The number of rotatable bonds is 6. The molecule has 1 aromatic carbocycles. The first kappa shape index (κ1) is 24.2. The highest BCUT2D eigenvalue weighted by atomic mass is 32.2. The van der Waals surface area contributed by atoms with E-state index in [1.807, 2.05) is 17.4 Å². The van der Waals surface area contributed by atoms with E-state index < -0.39 is 11.2 Å². The normalized spacial score (nSPS) is 12.5. The Balaban J connectivity index is 1.58. The fourth-order valence-corrected chi connectivity index (χ4v) is 5.53. The molecule has 178 valence electrons. The van der Waals surface area contributed by atoms with Gasteiger partial charge in [-0.1, -0.05) is 34.7 Å². The van der Waals surface area contributed by atoms with Crippen LogP contribution in [0.4, 0.5) is 5.13 Å². The third-order valence-electron chi connectivity index (χ3n) is 5.30. The Morgan fingerprint density at radius 1 is 1.06 bits per heavy atom. The van der Waals surface area contributed by atoms with Gasteiger partial charge in [-0.2, -0.15) is 0 Å². The van der Waals surface area contributed by atoms with Gasteiger partial charge in [0.15, 0.2) is 15.9 Å². The fraction of sp³-hybridized carbons (Fsp3) is 0.375. The lowest BCUT2D eigenvalue weighted by atomic mass is 10.0. The van der Waals surface area contributed by atoms with Crippen molar-refractivity contribution < 1.29 is 14.3 Å². The molecule has 4 rings (SSSR count). The van der Waals surface area contributed by atoms with Crippen molar-refractivity contribution in [2.45, 2.75) is 65.0 Å². The van der Waals surface area contributed by atoms with E-state index >= 15 is 0 Å². The molecule has 1 unspecified atom stereocenters. The van der Waals surface area contributed by atoms with Crippen molar-refractivity contribution in [3.63, 3.8) is 0 Å². The molecule has 0 saturated heterocycles. The van der Waals surface area contributed by atoms with E-state index in [1.165, 1.54) is 17.3 Å². The predicted molar refractivity (Wildman–Crippen MR) is 136 cm³/mol. The number of aromatic nitrogens is 4. The maximum atomic E-state index is 12.9. The minimum Gasteiger partial charge on any atom is -0.459 e. The second-order valence-corrected chi connectivity index (χ2v) is 10.9. The Labute approximate surface area is 206 Å². The first-order chi connectivity index (χ1) is 16.0. The van der Waals surface area contributed by atoms with Gasteiger partial charge in [0.1, 0.15) is 4.88 Å². The van der Waals surface area contributed by atoms with Gasteiger partial charge in [0.25, 0.3) is 0 Å². The van der Waals surface area contributed by atoms with Crippen molar-refractivity contribution in [3.8, 4) is 0 Å². The number of benzene rings is 1. The molecule has 0 fully saturated rings. The highest BCUT2D eigenvalue weighted by Crippen LogP contribution is 2.31. The van der Waals surface area contributed by atoms with Crippen molar-refractivity contribution in [1.82, 2.24) is 19.6 Å². The number of fused-ring (bicyclic) bond motifs is 3. The molecule has 10 heteroatoms. The zero-order valence-electron chi connectivity index (χ0n) is 20.2. The number of anilines is 1. The summed E-state index contributed by atoms with van der Waals surface area (Å²) in [5, 5.41) is 13.2. The minimum atomic E-state index is -0.468. The molecule has 34 heavy (non-hydrogen) atoms. The molecule has 1 amide bonds. The minimum absolute atomic E-state index is 0.228. The van der Waals surface area contributed by atoms with Crippen LogP contribution in [0.3, 0.4) is 0 Å². The average molecular weight is 498 g/mol. The van der Waals surface area contributed by atoms with Crippen LogP contribution in [0.15, 0.2) is 23.4 Å². The number of thioether (sulfide) groups is 1. The third kappa shape index (κ3) is 4.65. The van der Waals surface area contributed by atoms with Gasteiger partial charge in [-0.3, -0.25) is 9.20 Å². The van der Waals surface area contributed by atoms with Gasteiger partial charge in [-0.05, 0) is 71.7 Å². The number of thiazole rings is 1. The van der Waals surface area contributed by atoms with Crippen LogP contribution in [0.2, 0.25) is 0 Å². The lowest BCUT2D eigenvalue weighted by Crippen LogP contribution is -2.22. The van der Waals surface area contributed by atoms with Crippen LogP contribution in [0.5, 0.6) is 0 Å². The van der Waals surface area contributed by atoms with Crippen LogP contribution in [0.1, 0.15) is 52.8 Å². The smallest absolute Gasteiger partial charge is 0.350 e. The van der Waals surface area contributed by atoms with Crippen LogP contribution >= 0.6 is 23.1 Å². The Hall–Kier alpha value is -2.98. The molecule has 0 aliphatic carbocycles. The number of amides is 1. The molecule has 0 radical (unpaired) electrons. The monoisotopic (exact) mass is 497 g/mol. The van der Waals surface area contributed by atoms with Crippen molar-refractivity contribution in [2.24, 2.45) is 0 Å². The molecule has 0 aliphatic heterocycles. The molecule has 1 atom stereocenters. The molecule has 1 N–H and O–H groups in total. The second kappa shape index (κ2) is 9.34. The number of hydrogen-bond donors (Lipinski definition) is 1. The number of carbonyl (C=O) groups excluding carboxylic acids is 2. The topological polar surface area (TPSA) is 98.5 Å². The molecule has 0 bridgehead atoms. The van der Waals surface area contributed by atoms with Gasteiger partial charge < -0.3 is 10.1 Å². The van der Waals surface area contributed by atoms with Crippen molar-refractivity contribution in [3.05, 3.63) is 45.5 Å². The lowest BCUT2D eigenvalue weighted by Gasteiger charge is -2.13. The number of nitrogens with zero attached hydrogens (tertiary/aromatic N) is 4. The van der Waals surface area contributed by atoms with Crippen LogP contribution in [-0.4, -0.2) is 42.8 Å². The molecule has 0 saturated carbocycles. The van der Waals surface area contributed by atoms with Crippen LogP contribution in [0, 0.1) is 27.7 Å². The van der Waals surface area contributed by atoms with E-state index in [4.69, 9.17) is 4.74 Å². The Morgan fingerprint density at radius 3 is 2.50 bits per heavy atom. The number of nitrogens with one attached hydrogen (secondary N) is 1. The molecule has 3 heterocycles. The molecule has 3 aromatic heterocycles. The van der Waals surface area contributed by atoms with Gasteiger partial charge in [-0.15, -0.1) is 10.2 Å². The van der Waals surface area contributed by atoms with Crippen molar-refractivity contribution in [1.29, 1.82) is 0 Å². The summed E-state index contributed by atoms with van der Waals surface area (Å²) in [6.45, 7) is 13.3. The summed E-state index contributed by atoms with van der Waals surface area (Å²) in [4.78, 5) is 29.9. The van der Waals surface area contributed by atoms with Crippen molar-refractivity contribution in [2.75, 3.05) is 5.32 Å². The maximum absolute atomic E-state index is 12.9. The Morgan fingerprint density at radius 2 is 1.79 bits per heavy atom. The number of hydrogen-bond acceptors (Lipinski definition) is 8. The fourth-order valence-electron chi connectivity index (χ4n) is 3.82. The van der Waals surface area contributed by atoms with Crippen LogP contribution in [-0.2, 0) is 9.53 Å². The molecular weight excluding hydrogens is 470 g/mol. The Bertz CT molecular complexity index is 1420. The van der Waals surface area contributed by atoms with E-state index in [2.05, 4.69) is 53.4 Å². The summed E-state index contributed by atoms with van der Waals surface area (Å²) in [6.07, 6.45) is -0.228. The summed E-state index contributed by atoms with van der Waals surface area (Å²) in [7, 11) is 0. The highest BCUT2D eigenvalue weighted by Gasteiger charge is 2.23. The van der Waals surface area contributed by atoms with Gasteiger partial charge in [-0.25, -0.2) is 9.78 Å². The Kier molecular flexibility index (Phi) is 6.64. The SMILES string of the molecule is Cc1cc(C)c2c(c1)c(C)cc1nnc(SC(C)C(=O)Nc3nc(C)c(C(=O)OC(C)C)s3)n12. The van der Waals surface area contributed by atoms with Gasteiger partial charge >= 0.3 is 5.97 Å². The summed E-state index contributed by atoms with van der Waals surface area (Å²) < 4.78 is 7.26. The molecule has 8 nitrogen and oxygen atoms in total. The van der Waals surface area contributed by atoms with E-state index in [-0.39, 0.29) is 12.0 Å². The first-order valence-electron chi connectivity index (χ1n) is 11.0. The second-order valence-electron chi connectivity index (χ2n) is 8.62. The van der Waals surface area contributed by atoms with Crippen molar-refractivity contribution >= 4 is 56.7 Å². The van der Waals surface area contributed by atoms with Crippen LogP contribution < -0.4 is 5.32 Å². The number of pyridine rings is 1. The standard InChI is InChI=1S/C24H27N5O3S2/c1-11(2)32-22(31)20-15(6)25-23(34-20)26-21(30)16(7)33-24-28-27-18-10-13(4)17-9-12(3)8-14(5)19(17)29(18)24/h8-11,16H,1-7H3,(H,25,26,30). The average Bonchev–Trinajstić information content (AvgIpc) is 3.30. The third-order valence-corrected chi connectivity index (χ3v) is 7.40. The van der Waals surface area contributed by atoms with Gasteiger partial charge in [0, 0.05) is 5.39 Å². The summed E-state index contributed by atoms with van der Waals surface area (Å²) in [6, 6.07) is 6.31. The van der Waals surface area contributed by atoms with E-state index in [9.17, 15) is 9.59 Å². The highest BCUT2D eigenvalue weighted by molar-refractivity contribution is 8.00. The van der Waals surface area contributed by atoms with E-state index in [0.29, 0.717) is 20.9 Å². The molecule has 0 spiro atoms.